The molecular weight excluding hydrogens is 364 g/mol. The van der Waals surface area contributed by atoms with Gasteiger partial charge in [-0.25, -0.2) is 13.4 Å². The van der Waals surface area contributed by atoms with Crippen LogP contribution in [0.1, 0.15) is 5.56 Å². The van der Waals surface area contributed by atoms with Crippen molar-refractivity contribution < 1.29 is 13.2 Å². The molecule has 1 aliphatic heterocycles. The molecule has 2 aromatic rings. The summed E-state index contributed by atoms with van der Waals surface area (Å²) in [7, 11) is -3.57. The molecule has 1 saturated heterocycles. The Morgan fingerprint density at radius 2 is 1.78 bits per heavy atom. The number of piperazine rings is 1. The highest BCUT2D eigenvalue weighted by atomic mass is 32.2. The minimum Gasteiger partial charge on any atom is -0.354 e. The Kier molecular flexibility index (Phi) is 5.57. The molecule has 0 unspecified atom stereocenters. The first-order valence-corrected chi connectivity index (χ1v) is 10.1. The number of aromatic nitrogens is 1. The summed E-state index contributed by atoms with van der Waals surface area (Å²) in [5.41, 5.74) is 1.61. The van der Waals surface area contributed by atoms with Crippen LogP contribution in [-0.4, -0.2) is 49.8 Å². The molecule has 1 aromatic heterocycles. The third-order valence-electron chi connectivity index (χ3n) is 4.40. The van der Waals surface area contributed by atoms with Gasteiger partial charge in [-0.3, -0.25) is 4.79 Å². The number of rotatable bonds is 5. The number of nitrogens with zero attached hydrogens (tertiary/aromatic N) is 3. The third-order valence-corrected chi connectivity index (χ3v) is 6.32. The van der Waals surface area contributed by atoms with E-state index in [0.29, 0.717) is 31.9 Å². The predicted molar refractivity (Wildman–Crippen MR) is 105 cm³/mol. The van der Waals surface area contributed by atoms with Gasteiger partial charge >= 0.3 is 0 Å². The summed E-state index contributed by atoms with van der Waals surface area (Å²) >= 11 is 0. The number of aryl methyl sites for hydroxylation is 1. The van der Waals surface area contributed by atoms with Crippen LogP contribution in [0.15, 0.2) is 60.1 Å². The molecule has 1 aromatic carbocycles. The summed E-state index contributed by atoms with van der Waals surface area (Å²) in [6.07, 6.45) is 2.97. The number of anilines is 2. The standard InChI is InChI=1S/C19H22N4O3S/c1-3-19(24)21-16-5-7-17(8-6-16)27(25,26)23-12-10-22(11-13-23)18-9-4-15(2)14-20-18/h3-9,14H,1,10-13H2,2H3,(H,21,24). The second kappa shape index (κ2) is 7.89. The van der Waals surface area contributed by atoms with Gasteiger partial charge in [0.25, 0.3) is 0 Å². The number of benzene rings is 1. The summed E-state index contributed by atoms with van der Waals surface area (Å²) < 4.78 is 27.2. The molecule has 7 nitrogen and oxygen atoms in total. The van der Waals surface area contributed by atoms with Crippen LogP contribution >= 0.6 is 0 Å². The maximum atomic E-state index is 12.9. The fourth-order valence-electron chi connectivity index (χ4n) is 2.86. The molecule has 27 heavy (non-hydrogen) atoms. The van der Waals surface area contributed by atoms with Gasteiger partial charge in [0.1, 0.15) is 5.82 Å². The van der Waals surface area contributed by atoms with Gasteiger partial charge in [-0.15, -0.1) is 0 Å². The summed E-state index contributed by atoms with van der Waals surface area (Å²) in [5.74, 6) is 0.520. The van der Waals surface area contributed by atoms with E-state index >= 15 is 0 Å². The number of carbonyl (C=O) groups is 1. The second-order valence-corrected chi connectivity index (χ2v) is 8.24. The minimum absolute atomic E-state index is 0.209. The van der Waals surface area contributed by atoms with Crippen molar-refractivity contribution in [1.29, 1.82) is 0 Å². The highest BCUT2D eigenvalue weighted by Crippen LogP contribution is 2.21. The predicted octanol–water partition coefficient (Wildman–Crippen LogP) is 2.03. The number of sulfonamides is 1. The number of pyridine rings is 1. The summed E-state index contributed by atoms with van der Waals surface area (Å²) in [6, 6.07) is 10.1. The lowest BCUT2D eigenvalue weighted by Crippen LogP contribution is -2.48. The molecule has 1 fully saturated rings. The maximum absolute atomic E-state index is 12.9. The summed E-state index contributed by atoms with van der Waals surface area (Å²) in [4.78, 5) is 18.0. The molecular formula is C19H22N4O3S. The molecule has 3 rings (SSSR count). The SMILES string of the molecule is C=CC(=O)Nc1ccc(S(=O)(=O)N2CCN(c3ccc(C)cn3)CC2)cc1. The molecule has 0 atom stereocenters. The van der Waals surface area contributed by atoms with Crippen molar-refractivity contribution in [3.05, 3.63) is 60.8 Å². The normalized spacial score (nSPS) is 15.4. The van der Waals surface area contributed by atoms with Gasteiger partial charge in [-0.1, -0.05) is 12.6 Å². The smallest absolute Gasteiger partial charge is 0.247 e. The Morgan fingerprint density at radius 1 is 1.11 bits per heavy atom. The first-order valence-electron chi connectivity index (χ1n) is 8.61. The molecule has 142 valence electrons. The summed E-state index contributed by atoms with van der Waals surface area (Å²) in [5, 5.41) is 2.60. The van der Waals surface area contributed by atoms with Gasteiger partial charge in [0, 0.05) is 38.1 Å². The molecule has 0 aliphatic carbocycles. The van der Waals surface area contributed by atoms with Crippen LogP contribution in [-0.2, 0) is 14.8 Å². The van der Waals surface area contributed by atoms with Crippen molar-refractivity contribution in [2.75, 3.05) is 36.4 Å². The van der Waals surface area contributed by atoms with Gasteiger partial charge < -0.3 is 10.2 Å². The Hall–Kier alpha value is -2.71. The van der Waals surface area contributed by atoms with E-state index in [4.69, 9.17) is 0 Å². The number of hydrogen-bond acceptors (Lipinski definition) is 5. The van der Waals surface area contributed by atoms with E-state index in [-0.39, 0.29) is 10.8 Å². The van der Waals surface area contributed by atoms with Crippen molar-refractivity contribution in [2.45, 2.75) is 11.8 Å². The van der Waals surface area contributed by atoms with Crippen LogP contribution < -0.4 is 10.2 Å². The van der Waals surface area contributed by atoms with Crippen LogP contribution in [0.4, 0.5) is 11.5 Å². The molecule has 0 radical (unpaired) electrons. The minimum atomic E-state index is -3.57. The number of amides is 1. The lowest BCUT2D eigenvalue weighted by atomic mass is 10.3. The van der Waals surface area contributed by atoms with Crippen molar-refractivity contribution in [3.63, 3.8) is 0 Å². The fourth-order valence-corrected chi connectivity index (χ4v) is 4.28. The number of hydrogen-bond donors (Lipinski definition) is 1. The highest BCUT2D eigenvalue weighted by Gasteiger charge is 2.28. The van der Waals surface area contributed by atoms with Gasteiger partial charge in [-0.05, 0) is 48.9 Å². The van der Waals surface area contributed by atoms with Gasteiger partial charge in [0.2, 0.25) is 15.9 Å². The zero-order valence-electron chi connectivity index (χ0n) is 15.1. The average molecular weight is 386 g/mol. The largest absolute Gasteiger partial charge is 0.354 e. The van der Waals surface area contributed by atoms with Crippen LogP contribution in [0, 0.1) is 6.92 Å². The molecule has 0 spiro atoms. The van der Waals surface area contributed by atoms with Crippen molar-refractivity contribution in [3.8, 4) is 0 Å². The van der Waals surface area contributed by atoms with Crippen LogP contribution in [0.3, 0.4) is 0 Å². The van der Waals surface area contributed by atoms with Crippen LogP contribution in [0.2, 0.25) is 0 Å². The van der Waals surface area contributed by atoms with Crippen LogP contribution in [0.5, 0.6) is 0 Å². The first kappa shape index (κ1) is 19.1. The van der Waals surface area contributed by atoms with Gasteiger partial charge in [-0.2, -0.15) is 4.31 Å². The average Bonchev–Trinajstić information content (AvgIpc) is 2.69. The lowest BCUT2D eigenvalue weighted by molar-refractivity contribution is -0.111. The third kappa shape index (κ3) is 4.35. The Morgan fingerprint density at radius 3 is 2.33 bits per heavy atom. The van der Waals surface area contributed by atoms with E-state index in [1.54, 1.807) is 12.1 Å². The van der Waals surface area contributed by atoms with Gasteiger partial charge in [0.05, 0.1) is 4.90 Å². The molecule has 0 bridgehead atoms. The van der Waals surface area contributed by atoms with Crippen molar-refractivity contribution >= 4 is 27.4 Å². The summed E-state index contributed by atoms with van der Waals surface area (Å²) in [6.45, 7) is 7.33. The Balaban J connectivity index is 1.66. The quantitative estimate of drug-likeness (QED) is 0.795. The zero-order valence-corrected chi connectivity index (χ0v) is 15.9. The highest BCUT2D eigenvalue weighted by molar-refractivity contribution is 7.89. The second-order valence-electron chi connectivity index (χ2n) is 6.30. The maximum Gasteiger partial charge on any atom is 0.247 e. The number of carbonyl (C=O) groups excluding carboxylic acids is 1. The Bertz CT molecular complexity index is 916. The van der Waals surface area contributed by atoms with Gasteiger partial charge in [0.15, 0.2) is 0 Å². The number of nitrogens with one attached hydrogen (secondary N) is 1. The van der Waals surface area contributed by atoms with Crippen molar-refractivity contribution in [2.24, 2.45) is 0 Å². The fraction of sp³-hybridized carbons (Fsp3) is 0.263. The van der Waals surface area contributed by atoms with E-state index < -0.39 is 10.0 Å². The van der Waals surface area contributed by atoms with E-state index in [9.17, 15) is 13.2 Å². The molecule has 8 heteroatoms. The lowest BCUT2D eigenvalue weighted by Gasteiger charge is -2.34. The topological polar surface area (TPSA) is 82.6 Å². The van der Waals surface area contributed by atoms with Crippen LogP contribution in [0.25, 0.3) is 0 Å². The monoisotopic (exact) mass is 386 g/mol. The molecule has 1 N–H and O–H groups in total. The Labute approximate surface area is 159 Å². The van der Waals surface area contributed by atoms with E-state index in [1.807, 2.05) is 25.3 Å². The van der Waals surface area contributed by atoms with E-state index in [1.165, 1.54) is 16.4 Å². The molecule has 1 amide bonds. The zero-order chi connectivity index (χ0) is 19.4. The van der Waals surface area contributed by atoms with Crippen molar-refractivity contribution in [1.82, 2.24) is 9.29 Å². The van der Waals surface area contributed by atoms with E-state index in [2.05, 4.69) is 21.8 Å². The molecule has 0 saturated carbocycles. The first-order chi connectivity index (χ1) is 12.9. The molecule has 1 aliphatic rings. The molecule has 2 heterocycles. The van der Waals surface area contributed by atoms with E-state index in [0.717, 1.165) is 17.5 Å².